The second-order valence-electron chi connectivity index (χ2n) is 2.79. The Labute approximate surface area is 83.5 Å². The summed E-state index contributed by atoms with van der Waals surface area (Å²) < 4.78 is 4.89. The molecular formula is C10H13N3O. The lowest BCUT2D eigenvalue weighted by Crippen LogP contribution is -2.19. The van der Waals surface area contributed by atoms with E-state index in [1.165, 1.54) is 0 Å². The summed E-state index contributed by atoms with van der Waals surface area (Å²) in [6, 6.07) is 5.78. The molecule has 0 unspecified atom stereocenters. The van der Waals surface area contributed by atoms with Gasteiger partial charge in [-0.25, -0.2) is 4.98 Å². The van der Waals surface area contributed by atoms with Crippen LogP contribution in [0.5, 0.6) is 0 Å². The molecule has 0 fully saturated rings. The normalized spacial score (nSPS) is 9.71. The molecule has 0 spiro atoms. The van der Waals surface area contributed by atoms with Gasteiger partial charge >= 0.3 is 0 Å². The summed E-state index contributed by atoms with van der Waals surface area (Å²) in [6.45, 7) is 2.10. The lowest BCUT2D eigenvalue weighted by atomic mass is 10.2. The Bertz CT molecular complexity index is 319. The van der Waals surface area contributed by atoms with Gasteiger partial charge in [0.15, 0.2) is 0 Å². The monoisotopic (exact) mass is 191 g/mol. The first kappa shape index (κ1) is 10.6. The van der Waals surface area contributed by atoms with E-state index in [1.807, 2.05) is 12.1 Å². The van der Waals surface area contributed by atoms with Gasteiger partial charge in [0.25, 0.3) is 0 Å². The molecule has 0 saturated heterocycles. The zero-order valence-corrected chi connectivity index (χ0v) is 8.16. The largest absolute Gasteiger partial charge is 0.383 e. The summed E-state index contributed by atoms with van der Waals surface area (Å²) in [6.07, 6.45) is 1.62. The van der Waals surface area contributed by atoms with Crippen molar-refractivity contribution in [3.8, 4) is 6.07 Å². The number of hydrogen-bond acceptors (Lipinski definition) is 4. The fraction of sp³-hybridized carbons (Fsp3) is 0.400. The highest BCUT2D eigenvalue weighted by molar-refractivity contribution is 5.30. The first-order chi connectivity index (χ1) is 6.88. The van der Waals surface area contributed by atoms with Crippen molar-refractivity contribution in [1.82, 2.24) is 10.3 Å². The number of hydrogen-bond donors (Lipinski definition) is 1. The summed E-state index contributed by atoms with van der Waals surface area (Å²) in [7, 11) is 1.66. The molecule has 0 aliphatic rings. The highest BCUT2D eigenvalue weighted by Crippen LogP contribution is 2.02. The van der Waals surface area contributed by atoms with E-state index in [0.717, 1.165) is 12.1 Å². The second-order valence-corrected chi connectivity index (χ2v) is 2.79. The molecule has 0 radical (unpaired) electrons. The van der Waals surface area contributed by atoms with Gasteiger partial charge in [-0.2, -0.15) is 5.26 Å². The van der Waals surface area contributed by atoms with E-state index in [4.69, 9.17) is 10.00 Å². The molecular weight excluding hydrogens is 178 g/mol. The van der Waals surface area contributed by atoms with Crippen LogP contribution in [-0.4, -0.2) is 25.2 Å². The van der Waals surface area contributed by atoms with Crippen LogP contribution in [0, 0.1) is 11.3 Å². The first-order valence-corrected chi connectivity index (χ1v) is 4.42. The van der Waals surface area contributed by atoms with Crippen LogP contribution in [0.15, 0.2) is 18.3 Å². The van der Waals surface area contributed by atoms with Crippen LogP contribution in [0.2, 0.25) is 0 Å². The molecule has 1 N–H and O–H groups in total. The van der Waals surface area contributed by atoms with Gasteiger partial charge in [0.1, 0.15) is 11.8 Å². The van der Waals surface area contributed by atoms with Crippen LogP contribution in [0.4, 0.5) is 0 Å². The summed E-state index contributed by atoms with van der Waals surface area (Å²) >= 11 is 0. The lowest BCUT2D eigenvalue weighted by Gasteiger charge is -2.04. The molecule has 4 nitrogen and oxygen atoms in total. The average Bonchev–Trinajstić information content (AvgIpc) is 2.25. The quantitative estimate of drug-likeness (QED) is 0.696. The Morgan fingerprint density at radius 3 is 3.21 bits per heavy atom. The topological polar surface area (TPSA) is 57.9 Å². The van der Waals surface area contributed by atoms with Crippen LogP contribution in [0.1, 0.15) is 11.3 Å². The van der Waals surface area contributed by atoms with Crippen molar-refractivity contribution < 1.29 is 4.74 Å². The van der Waals surface area contributed by atoms with Crippen LogP contribution in [0.3, 0.4) is 0 Å². The van der Waals surface area contributed by atoms with E-state index < -0.39 is 0 Å². The molecule has 0 saturated carbocycles. The van der Waals surface area contributed by atoms with E-state index in [-0.39, 0.29) is 0 Å². The minimum absolute atomic E-state index is 0.484. The van der Waals surface area contributed by atoms with Crippen molar-refractivity contribution in [3.63, 3.8) is 0 Å². The average molecular weight is 191 g/mol. The molecule has 74 valence electrons. The highest BCUT2D eigenvalue weighted by atomic mass is 16.5. The van der Waals surface area contributed by atoms with Gasteiger partial charge < -0.3 is 10.1 Å². The molecule has 1 aromatic rings. The SMILES string of the molecule is COCCNCc1cccnc1C#N. The van der Waals surface area contributed by atoms with Crippen molar-refractivity contribution in [2.45, 2.75) is 6.54 Å². The maximum Gasteiger partial charge on any atom is 0.144 e. The fourth-order valence-electron chi connectivity index (χ4n) is 1.08. The van der Waals surface area contributed by atoms with Crippen molar-refractivity contribution in [1.29, 1.82) is 5.26 Å². The smallest absolute Gasteiger partial charge is 0.144 e. The van der Waals surface area contributed by atoms with Crippen molar-refractivity contribution in [2.24, 2.45) is 0 Å². The van der Waals surface area contributed by atoms with E-state index in [1.54, 1.807) is 13.3 Å². The van der Waals surface area contributed by atoms with E-state index in [9.17, 15) is 0 Å². The van der Waals surface area contributed by atoms with Crippen LogP contribution in [-0.2, 0) is 11.3 Å². The Morgan fingerprint density at radius 2 is 2.50 bits per heavy atom. The Balaban J connectivity index is 2.46. The van der Waals surface area contributed by atoms with Crippen LogP contribution in [0.25, 0.3) is 0 Å². The number of aromatic nitrogens is 1. The maximum atomic E-state index is 8.76. The number of nitrogens with zero attached hydrogens (tertiary/aromatic N) is 2. The molecule has 0 aromatic carbocycles. The third-order valence-electron chi connectivity index (χ3n) is 1.80. The van der Waals surface area contributed by atoms with Gasteiger partial charge in [0, 0.05) is 32.0 Å². The van der Waals surface area contributed by atoms with Crippen molar-refractivity contribution in [2.75, 3.05) is 20.3 Å². The van der Waals surface area contributed by atoms with Gasteiger partial charge in [0.05, 0.1) is 6.61 Å². The second kappa shape index (κ2) is 6.08. The molecule has 14 heavy (non-hydrogen) atoms. The minimum atomic E-state index is 0.484. The predicted molar refractivity (Wildman–Crippen MR) is 52.5 cm³/mol. The van der Waals surface area contributed by atoms with Crippen molar-refractivity contribution >= 4 is 0 Å². The van der Waals surface area contributed by atoms with Gasteiger partial charge in [-0.05, 0) is 6.07 Å². The third-order valence-corrected chi connectivity index (χ3v) is 1.80. The summed E-state index contributed by atoms with van der Waals surface area (Å²) in [5.41, 5.74) is 1.41. The van der Waals surface area contributed by atoms with Crippen LogP contribution < -0.4 is 5.32 Å². The third kappa shape index (κ3) is 3.13. The number of pyridine rings is 1. The predicted octanol–water partition coefficient (Wildman–Crippen LogP) is 0.689. The number of nitrogens with one attached hydrogen (secondary N) is 1. The summed E-state index contributed by atoms with van der Waals surface area (Å²) in [5.74, 6) is 0. The molecule has 1 aromatic heterocycles. The van der Waals surface area contributed by atoms with Crippen LogP contribution >= 0.6 is 0 Å². The number of nitriles is 1. The Kier molecular flexibility index (Phi) is 4.62. The van der Waals surface area contributed by atoms with Gasteiger partial charge in [-0.15, -0.1) is 0 Å². The first-order valence-electron chi connectivity index (χ1n) is 4.42. The van der Waals surface area contributed by atoms with Gasteiger partial charge in [0.2, 0.25) is 0 Å². The van der Waals surface area contributed by atoms with E-state index in [0.29, 0.717) is 18.8 Å². The zero-order valence-electron chi connectivity index (χ0n) is 8.16. The van der Waals surface area contributed by atoms with E-state index >= 15 is 0 Å². The number of ether oxygens (including phenoxy) is 1. The van der Waals surface area contributed by atoms with Crippen molar-refractivity contribution in [3.05, 3.63) is 29.6 Å². The fourth-order valence-corrected chi connectivity index (χ4v) is 1.08. The summed E-state index contributed by atoms with van der Waals surface area (Å²) in [5, 5.41) is 11.9. The maximum absolute atomic E-state index is 8.76. The van der Waals surface area contributed by atoms with Gasteiger partial charge in [-0.1, -0.05) is 6.07 Å². The molecule has 0 atom stereocenters. The molecule has 0 aliphatic carbocycles. The Hall–Kier alpha value is -1.44. The van der Waals surface area contributed by atoms with E-state index in [2.05, 4.69) is 16.4 Å². The zero-order chi connectivity index (χ0) is 10.2. The molecule has 0 bridgehead atoms. The minimum Gasteiger partial charge on any atom is -0.383 e. The molecule has 4 heteroatoms. The number of rotatable bonds is 5. The van der Waals surface area contributed by atoms with Gasteiger partial charge in [-0.3, -0.25) is 0 Å². The number of methoxy groups -OCH3 is 1. The Morgan fingerprint density at radius 1 is 1.64 bits per heavy atom. The molecule has 0 amide bonds. The molecule has 1 heterocycles. The molecule has 1 rings (SSSR count). The molecule has 0 aliphatic heterocycles. The highest BCUT2D eigenvalue weighted by Gasteiger charge is 2.00. The summed E-state index contributed by atoms with van der Waals surface area (Å²) in [4.78, 5) is 3.96. The lowest BCUT2D eigenvalue weighted by molar-refractivity contribution is 0.199. The standard InChI is InChI=1S/C10H13N3O/c1-14-6-5-12-8-9-3-2-4-13-10(9)7-11/h2-4,12H,5-6,8H2,1H3.